The second kappa shape index (κ2) is 16.4. The first kappa shape index (κ1) is 34.6. The van der Waals surface area contributed by atoms with Crippen molar-refractivity contribution < 1.29 is 10.0 Å². The van der Waals surface area contributed by atoms with Crippen LogP contribution in [0.15, 0.2) is 146 Å². The lowest BCUT2D eigenvalue weighted by atomic mass is 9.80. The van der Waals surface area contributed by atoms with Crippen LogP contribution in [0.2, 0.25) is 15.7 Å². The van der Waals surface area contributed by atoms with Crippen LogP contribution in [0.5, 0.6) is 0 Å². The summed E-state index contributed by atoms with van der Waals surface area (Å²) in [6, 6.07) is 43.1. The fourth-order valence-corrected chi connectivity index (χ4v) is 5.59. The Kier molecular flexibility index (Phi) is 11.3. The number of nitrogens with zero attached hydrogens (tertiary/aromatic N) is 6. The molecule has 2 N–H and O–H groups in total. The molecule has 12 heteroatoms. The van der Waals surface area contributed by atoms with E-state index in [9.17, 15) is 0 Å². The Morgan fingerprint density at radius 3 is 1.40 bits per heavy atom. The van der Waals surface area contributed by atoms with Crippen molar-refractivity contribution in [1.29, 1.82) is 0 Å². The zero-order valence-electron chi connectivity index (χ0n) is 26.1. The zero-order valence-corrected chi connectivity index (χ0v) is 28.4. The zero-order chi connectivity index (χ0) is 34.9. The van der Waals surface area contributed by atoms with Gasteiger partial charge in [-0.05, 0) is 75.2 Å². The minimum absolute atomic E-state index is 0.117. The third-order valence-corrected chi connectivity index (χ3v) is 8.05. The van der Waals surface area contributed by atoms with E-state index in [0.717, 1.165) is 33.3 Å². The molecule has 0 spiro atoms. The predicted molar refractivity (Wildman–Crippen MR) is 202 cm³/mol. The number of pyridine rings is 2. The molecule has 244 valence electrons. The summed E-state index contributed by atoms with van der Waals surface area (Å²) in [7, 11) is -1.39. The Morgan fingerprint density at radius 2 is 0.860 bits per heavy atom. The maximum absolute atomic E-state index is 8.94. The molecule has 0 bridgehead atoms. The lowest BCUT2D eigenvalue weighted by molar-refractivity contribution is 0.426. The average molecular weight is 716 g/mol. The van der Waals surface area contributed by atoms with Gasteiger partial charge in [-0.15, -0.1) is 0 Å². The minimum Gasteiger partial charge on any atom is -0.423 e. The van der Waals surface area contributed by atoms with Gasteiger partial charge < -0.3 is 10.0 Å². The fraction of sp³-hybridized carbons (Fsp3) is 0. The summed E-state index contributed by atoms with van der Waals surface area (Å²) in [6.45, 7) is 0. The highest BCUT2D eigenvalue weighted by Crippen LogP contribution is 2.29. The molecule has 0 radical (unpaired) electrons. The number of halogens is 3. The van der Waals surface area contributed by atoms with Gasteiger partial charge in [-0.25, -0.2) is 19.9 Å². The topological polar surface area (TPSA) is 118 Å². The van der Waals surface area contributed by atoms with E-state index in [1.165, 1.54) is 5.56 Å². The maximum atomic E-state index is 8.94. The van der Waals surface area contributed by atoms with Gasteiger partial charge in [0.2, 0.25) is 10.6 Å². The van der Waals surface area contributed by atoms with Gasteiger partial charge in [0, 0.05) is 23.3 Å². The molecule has 0 fully saturated rings. The van der Waals surface area contributed by atoms with Gasteiger partial charge in [-0.2, -0.15) is 9.97 Å². The fourth-order valence-electron chi connectivity index (χ4n) is 4.99. The van der Waals surface area contributed by atoms with Crippen LogP contribution in [-0.4, -0.2) is 47.1 Å². The summed E-state index contributed by atoms with van der Waals surface area (Å²) in [6.07, 6.45) is 3.33. The first-order valence-electron chi connectivity index (χ1n) is 15.2. The number of aromatic nitrogens is 6. The highest BCUT2D eigenvalue weighted by Gasteiger charge is 2.11. The van der Waals surface area contributed by atoms with E-state index >= 15 is 0 Å². The van der Waals surface area contributed by atoms with Gasteiger partial charge in [-0.1, -0.05) is 121 Å². The molecule has 0 aliphatic carbocycles. The lowest BCUT2D eigenvalue weighted by Crippen LogP contribution is -2.29. The summed E-state index contributed by atoms with van der Waals surface area (Å²) < 4.78 is 0. The third kappa shape index (κ3) is 8.65. The highest BCUT2D eigenvalue weighted by molar-refractivity contribution is 6.58. The van der Waals surface area contributed by atoms with Crippen LogP contribution in [0.1, 0.15) is 0 Å². The molecule has 0 unspecified atom stereocenters. The Hall–Kier alpha value is -5.29. The molecule has 4 aromatic heterocycles. The monoisotopic (exact) mass is 714 g/mol. The van der Waals surface area contributed by atoms with Gasteiger partial charge >= 0.3 is 7.12 Å². The van der Waals surface area contributed by atoms with Crippen LogP contribution in [0.25, 0.3) is 55.6 Å². The van der Waals surface area contributed by atoms with Gasteiger partial charge in [-0.3, -0.25) is 0 Å². The van der Waals surface area contributed by atoms with Crippen molar-refractivity contribution in [2.45, 2.75) is 0 Å². The van der Waals surface area contributed by atoms with Gasteiger partial charge in [0.05, 0.1) is 11.1 Å². The SMILES string of the molecule is Clc1nc(-c2ccc(-c3ccccc3)cc2)c2cccnc2n1.Clc1nc(Cl)c2cccnc2n1.OB(O)c1ccc(-c2ccccc2)cc1. The van der Waals surface area contributed by atoms with E-state index in [1.54, 1.807) is 36.7 Å². The predicted octanol–water partition coefficient (Wildman–Crippen LogP) is 8.38. The van der Waals surface area contributed by atoms with E-state index < -0.39 is 7.12 Å². The van der Waals surface area contributed by atoms with E-state index in [-0.39, 0.29) is 10.6 Å². The van der Waals surface area contributed by atoms with Crippen molar-refractivity contribution in [1.82, 2.24) is 29.9 Å². The number of rotatable bonds is 4. The second-order valence-corrected chi connectivity index (χ2v) is 11.7. The lowest BCUT2D eigenvalue weighted by Gasteiger charge is -2.07. The van der Waals surface area contributed by atoms with Crippen molar-refractivity contribution in [3.63, 3.8) is 0 Å². The smallest absolute Gasteiger partial charge is 0.423 e. The van der Waals surface area contributed by atoms with E-state index in [2.05, 4.69) is 54.2 Å². The quantitative estimate of drug-likeness (QED) is 0.106. The van der Waals surface area contributed by atoms with Crippen LogP contribution >= 0.6 is 34.8 Å². The van der Waals surface area contributed by atoms with Gasteiger partial charge in [0.15, 0.2) is 11.3 Å². The summed E-state index contributed by atoms with van der Waals surface area (Å²) in [5, 5.41) is 20.1. The second-order valence-electron chi connectivity index (χ2n) is 10.7. The molecule has 8 nitrogen and oxygen atoms in total. The Bertz CT molecular complexity index is 2340. The van der Waals surface area contributed by atoms with E-state index in [1.807, 2.05) is 84.9 Å². The van der Waals surface area contributed by atoms with Crippen molar-refractivity contribution in [3.8, 4) is 33.5 Å². The summed E-state index contributed by atoms with van der Waals surface area (Å²) in [5.74, 6) is 0. The maximum Gasteiger partial charge on any atom is 0.488 e. The summed E-state index contributed by atoms with van der Waals surface area (Å²) in [5.41, 5.74) is 7.96. The standard InChI is InChI=1S/C19H12ClN3.C12H11BO2.C7H3Cl2N3/c20-19-22-17(16-7-4-12-21-18(16)23-19)15-10-8-14(9-11-15)13-5-2-1-3-6-13;14-13(15)12-8-6-11(7-9-12)10-4-2-1-3-5-10;8-5-4-2-1-3-10-6(4)12-7(9)11-5/h1-12H;1-9,14-15H;1-3H. The van der Waals surface area contributed by atoms with Crippen LogP contribution < -0.4 is 5.46 Å². The first-order chi connectivity index (χ1) is 24.4. The number of hydrogen-bond acceptors (Lipinski definition) is 8. The normalized spacial score (nSPS) is 10.5. The summed E-state index contributed by atoms with van der Waals surface area (Å²) in [4.78, 5) is 24.5. The van der Waals surface area contributed by atoms with Crippen molar-refractivity contribution in [2.75, 3.05) is 0 Å². The van der Waals surface area contributed by atoms with Crippen molar-refractivity contribution in [3.05, 3.63) is 162 Å². The number of hydrogen-bond donors (Lipinski definition) is 2. The van der Waals surface area contributed by atoms with E-state index in [4.69, 9.17) is 44.9 Å². The molecular formula is C38H26BCl3N6O2. The average Bonchev–Trinajstić information content (AvgIpc) is 3.16. The molecular weight excluding hydrogens is 690 g/mol. The van der Waals surface area contributed by atoms with Crippen molar-refractivity contribution >= 4 is 69.5 Å². The molecule has 0 aliphatic heterocycles. The third-order valence-electron chi connectivity index (χ3n) is 7.42. The molecule has 0 saturated heterocycles. The molecule has 8 rings (SSSR count). The molecule has 4 aromatic carbocycles. The van der Waals surface area contributed by atoms with Crippen LogP contribution in [0.3, 0.4) is 0 Å². The number of fused-ring (bicyclic) bond motifs is 2. The van der Waals surface area contributed by atoms with Gasteiger partial charge in [0.25, 0.3) is 0 Å². The Labute approximate surface area is 303 Å². The molecule has 0 atom stereocenters. The molecule has 8 aromatic rings. The Balaban J connectivity index is 0.000000138. The molecule has 50 heavy (non-hydrogen) atoms. The first-order valence-corrected chi connectivity index (χ1v) is 16.4. The Morgan fingerprint density at radius 1 is 0.420 bits per heavy atom. The molecule has 4 heterocycles. The molecule has 0 amide bonds. The largest absolute Gasteiger partial charge is 0.488 e. The molecule has 0 saturated carbocycles. The highest BCUT2D eigenvalue weighted by atomic mass is 35.5. The molecule has 0 aliphatic rings. The minimum atomic E-state index is -1.39. The van der Waals surface area contributed by atoms with Crippen LogP contribution in [0.4, 0.5) is 0 Å². The van der Waals surface area contributed by atoms with Crippen LogP contribution in [0, 0.1) is 0 Å². The van der Waals surface area contributed by atoms with Crippen molar-refractivity contribution in [2.24, 2.45) is 0 Å². The van der Waals surface area contributed by atoms with E-state index in [0.29, 0.717) is 27.3 Å². The van der Waals surface area contributed by atoms with Gasteiger partial charge in [0.1, 0.15) is 5.15 Å². The summed E-state index contributed by atoms with van der Waals surface area (Å²) >= 11 is 17.4. The number of benzene rings is 4. The van der Waals surface area contributed by atoms with Crippen LogP contribution in [-0.2, 0) is 0 Å².